The fourth-order valence-corrected chi connectivity index (χ4v) is 4.96. The van der Waals surface area contributed by atoms with Crippen LogP contribution in [0.3, 0.4) is 0 Å². The Kier molecular flexibility index (Phi) is 7.68. The highest BCUT2D eigenvalue weighted by Crippen LogP contribution is 2.41. The molecule has 0 spiro atoms. The van der Waals surface area contributed by atoms with Crippen molar-refractivity contribution < 1.29 is 22.7 Å². The number of benzene rings is 1. The van der Waals surface area contributed by atoms with E-state index in [9.17, 15) is 13.6 Å². The van der Waals surface area contributed by atoms with Crippen molar-refractivity contribution >= 4 is 30.0 Å². The van der Waals surface area contributed by atoms with E-state index in [0.717, 1.165) is 31.4 Å². The number of carbonyl (C=O) groups excluding carboxylic acids is 1. The summed E-state index contributed by atoms with van der Waals surface area (Å²) in [5, 5.41) is 4.18. The molecule has 0 N–H and O–H groups in total. The number of ether oxygens (including phenoxy) is 1. The molecule has 1 aromatic heterocycles. The summed E-state index contributed by atoms with van der Waals surface area (Å²) in [5.74, 6) is -2.05. The first-order valence-corrected chi connectivity index (χ1v) is 14.5. The number of hydrogen-bond acceptors (Lipinski definition) is 5. The molecule has 1 aliphatic heterocycles. The van der Waals surface area contributed by atoms with Crippen LogP contribution in [0, 0.1) is 11.6 Å². The highest BCUT2D eigenvalue weighted by atomic mass is 79.9. The molecule has 2 aromatic rings. The maximum atomic E-state index is 14.0. The van der Waals surface area contributed by atoms with Crippen LogP contribution in [0.4, 0.5) is 8.78 Å². The van der Waals surface area contributed by atoms with Crippen molar-refractivity contribution in [2.24, 2.45) is 0 Å². The van der Waals surface area contributed by atoms with Gasteiger partial charge in [-0.15, -0.1) is 5.10 Å². The van der Waals surface area contributed by atoms with Crippen molar-refractivity contribution in [1.29, 1.82) is 0 Å². The maximum absolute atomic E-state index is 14.0. The Labute approximate surface area is 197 Å². The molecule has 0 bridgehead atoms. The molecule has 1 fully saturated rings. The maximum Gasteiger partial charge on any atom is 0.218 e. The summed E-state index contributed by atoms with van der Waals surface area (Å²) in [6.45, 7) is 11.0. The summed E-state index contributed by atoms with van der Waals surface area (Å²) < 4.78 is 41.7. The number of Topliss-reactive ketones (excluding diaryl/α,β-unsaturated/α-hetero) is 1. The van der Waals surface area contributed by atoms with E-state index in [0.29, 0.717) is 16.9 Å². The Morgan fingerprint density at radius 3 is 2.62 bits per heavy atom. The Bertz CT molecular complexity index is 972. The van der Waals surface area contributed by atoms with Crippen LogP contribution in [0.2, 0.25) is 18.1 Å². The largest absolute Gasteiger partial charge is 0.409 e. The van der Waals surface area contributed by atoms with Gasteiger partial charge in [0, 0.05) is 13.0 Å². The molecule has 1 aromatic carbocycles. The van der Waals surface area contributed by atoms with Crippen molar-refractivity contribution in [2.75, 3.05) is 6.61 Å². The van der Waals surface area contributed by atoms with Crippen LogP contribution < -0.4 is 0 Å². The molecular formula is C22H30BrF2N3O3Si. The molecule has 2 atom stereocenters. The van der Waals surface area contributed by atoms with E-state index in [1.807, 2.05) is 0 Å². The number of nitrogens with zero attached hydrogens (tertiary/aromatic N) is 3. The molecule has 10 heteroatoms. The van der Waals surface area contributed by atoms with Crippen LogP contribution in [-0.2, 0) is 9.16 Å². The first kappa shape index (κ1) is 25.1. The van der Waals surface area contributed by atoms with Gasteiger partial charge in [-0.3, -0.25) is 4.79 Å². The minimum atomic E-state index is -2.34. The summed E-state index contributed by atoms with van der Waals surface area (Å²) in [6, 6.07) is 3.63. The lowest BCUT2D eigenvalue weighted by Gasteiger charge is -2.39. The Hall–Kier alpha value is -1.49. The van der Waals surface area contributed by atoms with Crippen LogP contribution in [0.15, 0.2) is 22.9 Å². The first-order valence-electron chi connectivity index (χ1n) is 10.8. The van der Waals surface area contributed by atoms with Crippen LogP contribution in [0.5, 0.6) is 0 Å². The average molecular weight is 530 g/mol. The zero-order chi connectivity index (χ0) is 23.7. The zero-order valence-electron chi connectivity index (χ0n) is 19.1. The van der Waals surface area contributed by atoms with Gasteiger partial charge in [-0.05, 0) is 71.0 Å². The molecule has 176 valence electrons. The van der Waals surface area contributed by atoms with Gasteiger partial charge in [0.25, 0.3) is 0 Å². The first-order chi connectivity index (χ1) is 14.9. The van der Waals surface area contributed by atoms with E-state index in [4.69, 9.17) is 9.16 Å². The third-order valence-corrected chi connectivity index (χ3v) is 11.0. The topological polar surface area (TPSA) is 66.2 Å². The van der Waals surface area contributed by atoms with Crippen molar-refractivity contribution in [3.8, 4) is 0 Å². The standard InChI is InChI=1S/C22H30BrF2N3O3Si/c1-22(2,3)32(4,5)31-18(14-9-10-15(24)16(25)12-14)13-17(29)20-26-21(23)27-28(20)19-8-6-7-11-30-19/h9-10,12,18-19H,6-8,11,13H2,1-5H3/t18-,19?/m1/s1. The molecule has 0 saturated carbocycles. The minimum absolute atomic E-state index is 0.0740. The molecule has 32 heavy (non-hydrogen) atoms. The van der Waals surface area contributed by atoms with E-state index >= 15 is 0 Å². The molecule has 1 saturated heterocycles. The zero-order valence-corrected chi connectivity index (χ0v) is 21.7. The molecule has 0 aliphatic carbocycles. The molecule has 1 unspecified atom stereocenters. The molecule has 6 nitrogen and oxygen atoms in total. The van der Waals surface area contributed by atoms with E-state index in [1.165, 1.54) is 10.7 Å². The average Bonchev–Trinajstić information content (AvgIpc) is 3.11. The SMILES string of the molecule is CC(C)(C)[Si](C)(C)O[C@H](CC(=O)c1nc(Br)nn1C1CCCCO1)c1ccc(F)c(F)c1. The van der Waals surface area contributed by atoms with Gasteiger partial charge in [-0.2, -0.15) is 4.98 Å². The highest BCUT2D eigenvalue weighted by molar-refractivity contribution is 9.10. The Morgan fingerprint density at radius 1 is 1.31 bits per heavy atom. The van der Waals surface area contributed by atoms with Gasteiger partial charge in [-0.25, -0.2) is 13.5 Å². The van der Waals surface area contributed by atoms with Crippen LogP contribution in [-0.4, -0.2) is 35.5 Å². The summed E-state index contributed by atoms with van der Waals surface area (Å²) in [4.78, 5) is 17.6. The van der Waals surface area contributed by atoms with Crippen molar-refractivity contribution in [1.82, 2.24) is 14.8 Å². The van der Waals surface area contributed by atoms with Gasteiger partial charge < -0.3 is 9.16 Å². The lowest BCUT2D eigenvalue weighted by atomic mass is 10.0. The minimum Gasteiger partial charge on any atom is -0.409 e. The second kappa shape index (κ2) is 9.78. The number of hydrogen-bond donors (Lipinski definition) is 0. The summed E-state index contributed by atoms with van der Waals surface area (Å²) in [6.07, 6.45) is 1.51. The second-order valence-corrected chi connectivity index (χ2v) is 15.1. The molecule has 2 heterocycles. The lowest BCUT2D eigenvalue weighted by molar-refractivity contribution is -0.0410. The number of ketones is 1. The quantitative estimate of drug-likeness (QED) is 0.308. The number of aromatic nitrogens is 3. The van der Waals surface area contributed by atoms with Crippen LogP contribution in [0.1, 0.15) is 75.0 Å². The van der Waals surface area contributed by atoms with Crippen molar-refractivity contribution in [3.63, 3.8) is 0 Å². The fraction of sp³-hybridized carbons (Fsp3) is 0.591. The molecule has 3 rings (SSSR count). The summed E-state index contributed by atoms with van der Waals surface area (Å²) >= 11 is 3.26. The fourth-order valence-electron chi connectivity index (χ4n) is 3.34. The van der Waals surface area contributed by atoms with Gasteiger partial charge in [0.2, 0.25) is 10.5 Å². The predicted molar refractivity (Wildman–Crippen MR) is 123 cm³/mol. The molecule has 0 radical (unpaired) electrons. The molecule has 0 amide bonds. The third-order valence-electron chi connectivity index (χ3n) is 6.21. The van der Waals surface area contributed by atoms with E-state index in [1.54, 1.807) is 0 Å². The van der Waals surface area contributed by atoms with Gasteiger partial charge in [0.1, 0.15) is 0 Å². The van der Waals surface area contributed by atoms with Gasteiger partial charge in [0.15, 0.2) is 32.0 Å². The monoisotopic (exact) mass is 529 g/mol. The highest BCUT2D eigenvalue weighted by Gasteiger charge is 2.40. The number of halogens is 3. The smallest absolute Gasteiger partial charge is 0.218 e. The van der Waals surface area contributed by atoms with Crippen molar-refractivity contribution in [2.45, 2.75) is 76.9 Å². The molecule has 1 aliphatic rings. The molecular weight excluding hydrogens is 500 g/mol. The van der Waals surface area contributed by atoms with Crippen LogP contribution in [0.25, 0.3) is 0 Å². The van der Waals surface area contributed by atoms with Gasteiger partial charge >= 0.3 is 0 Å². The summed E-state index contributed by atoms with van der Waals surface area (Å²) in [7, 11) is -2.34. The lowest BCUT2D eigenvalue weighted by Crippen LogP contribution is -2.42. The summed E-state index contributed by atoms with van der Waals surface area (Å²) in [5.41, 5.74) is 0.418. The second-order valence-electron chi connectivity index (χ2n) is 9.64. The third kappa shape index (κ3) is 5.70. The Balaban J connectivity index is 1.92. The van der Waals surface area contributed by atoms with Gasteiger partial charge in [-0.1, -0.05) is 26.8 Å². The Morgan fingerprint density at radius 2 is 2.03 bits per heavy atom. The predicted octanol–water partition coefficient (Wildman–Crippen LogP) is 6.35. The van der Waals surface area contributed by atoms with Crippen molar-refractivity contribution in [3.05, 3.63) is 46.0 Å². The van der Waals surface area contributed by atoms with E-state index in [-0.39, 0.29) is 29.3 Å². The van der Waals surface area contributed by atoms with E-state index < -0.39 is 26.1 Å². The van der Waals surface area contributed by atoms with Crippen LogP contribution >= 0.6 is 15.9 Å². The van der Waals surface area contributed by atoms with Gasteiger partial charge in [0.05, 0.1) is 6.10 Å². The normalized spacial score (nSPS) is 18.6. The van der Waals surface area contributed by atoms with E-state index in [2.05, 4.69) is 59.9 Å². The number of rotatable bonds is 7. The number of carbonyl (C=O) groups is 1.